The third kappa shape index (κ3) is 3.64. The van der Waals surface area contributed by atoms with E-state index in [0.29, 0.717) is 17.9 Å². The Bertz CT molecular complexity index is 1150. The molecule has 3 aromatic carbocycles. The minimum atomic E-state index is -0.403. The van der Waals surface area contributed by atoms with Gasteiger partial charge in [0.2, 0.25) is 5.91 Å². The van der Waals surface area contributed by atoms with Gasteiger partial charge in [0.15, 0.2) is 0 Å². The molecule has 1 aliphatic rings. The van der Waals surface area contributed by atoms with Gasteiger partial charge in [0, 0.05) is 25.8 Å². The Morgan fingerprint density at radius 1 is 1.00 bits per heavy atom. The van der Waals surface area contributed by atoms with Crippen molar-refractivity contribution in [2.24, 2.45) is 5.10 Å². The average molecular weight is 402 g/mol. The molecule has 152 valence electrons. The first-order chi connectivity index (χ1) is 14.5. The van der Waals surface area contributed by atoms with E-state index >= 15 is 0 Å². The van der Waals surface area contributed by atoms with Crippen LogP contribution < -0.4 is 9.47 Å². The van der Waals surface area contributed by atoms with E-state index in [0.717, 1.165) is 27.6 Å². The van der Waals surface area contributed by atoms with E-state index in [1.165, 1.54) is 18.9 Å². The van der Waals surface area contributed by atoms with Crippen molar-refractivity contribution in [3.63, 3.8) is 0 Å². The summed E-state index contributed by atoms with van der Waals surface area (Å²) < 4.78 is 10.7. The molecule has 3 aromatic rings. The molecule has 0 fully saturated rings. The maximum atomic E-state index is 12.4. The Morgan fingerprint density at radius 3 is 2.40 bits per heavy atom. The van der Waals surface area contributed by atoms with E-state index in [1.54, 1.807) is 13.2 Å². The van der Waals surface area contributed by atoms with Gasteiger partial charge in [-0.1, -0.05) is 42.5 Å². The number of carbonyl (C=O) groups is 2. The Morgan fingerprint density at radius 2 is 1.73 bits per heavy atom. The van der Waals surface area contributed by atoms with Gasteiger partial charge in [0.25, 0.3) is 0 Å². The summed E-state index contributed by atoms with van der Waals surface area (Å²) in [5.74, 6) is 0.637. The van der Waals surface area contributed by atoms with Gasteiger partial charge in [-0.05, 0) is 34.5 Å². The standard InChI is InChI=1S/C24H22N2O4/c1-15(27)26-22(18-8-11-19(29-3)12-9-18)14-21(25-26)24-20-7-5-4-6-17(20)10-13-23(24)30-16(2)28/h4-13,22H,14H2,1-3H3/t22-/m0/s1. The number of hydrazone groups is 1. The van der Waals surface area contributed by atoms with Crippen molar-refractivity contribution in [3.05, 3.63) is 71.8 Å². The van der Waals surface area contributed by atoms with Crippen molar-refractivity contribution in [2.75, 3.05) is 7.11 Å². The molecular weight excluding hydrogens is 380 g/mol. The zero-order valence-corrected chi connectivity index (χ0v) is 17.1. The van der Waals surface area contributed by atoms with E-state index in [1.807, 2.05) is 54.6 Å². The van der Waals surface area contributed by atoms with Crippen molar-refractivity contribution in [1.29, 1.82) is 0 Å². The van der Waals surface area contributed by atoms with Gasteiger partial charge in [-0.3, -0.25) is 9.59 Å². The first-order valence-electron chi connectivity index (χ1n) is 9.69. The molecule has 0 unspecified atom stereocenters. The Hall–Kier alpha value is -3.67. The van der Waals surface area contributed by atoms with Gasteiger partial charge in [-0.15, -0.1) is 0 Å². The molecule has 1 aliphatic heterocycles. The van der Waals surface area contributed by atoms with E-state index in [4.69, 9.17) is 9.47 Å². The highest BCUT2D eigenvalue weighted by molar-refractivity contribution is 6.14. The van der Waals surface area contributed by atoms with Crippen LogP contribution in [0, 0.1) is 0 Å². The monoisotopic (exact) mass is 402 g/mol. The van der Waals surface area contributed by atoms with E-state index in [9.17, 15) is 9.59 Å². The number of rotatable bonds is 4. The van der Waals surface area contributed by atoms with Crippen LogP contribution in [0.5, 0.6) is 11.5 Å². The zero-order chi connectivity index (χ0) is 21.3. The average Bonchev–Trinajstić information content (AvgIpc) is 3.18. The summed E-state index contributed by atoms with van der Waals surface area (Å²) in [5.41, 5.74) is 2.41. The molecule has 1 atom stereocenters. The summed E-state index contributed by atoms with van der Waals surface area (Å²) in [6.45, 7) is 2.87. The van der Waals surface area contributed by atoms with E-state index < -0.39 is 5.97 Å². The molecule has 0 bridgehead atoms. The number of esters is 1. The molecular formula is C24H22N2O4. The van der Waals surface area contributed by atoms with Crippen molar-refractivity contribution >= 4 is 28.4 Å². The lowest BCUT2D eigenvalue weighted by Crippen LogP contribution is -2.24. The van der Waals surface area contributed by atoms with Gasteiger partial charge in [0.05, 0.1) is 18.9 Å². The predicted octanol–water partition coefficient (Wildman–Crippen LogP) is 4.47. The zero-order valence-electron chi connectivity index (χ0n) is 17.1. The summed E-state index contributed by atoms with van der Waals surface area (Å²) >= 11 is 0. The lowest BCUT2D eigenvalue weighted by atomic mass is 9.94. The fourth-order valence-corrected chi connectivity index (χ4v) is 3.83. The highest BCUT2D eigenvalue weighted by atomic mass is 16.5. The molecule has 0 saturated heterocycles. The van der Waals surface area contributed by atoms with Crippen LogP contribution in [0.2, 0.25) is 0 Å². The van der Waals surface area contributed by atoms with Crippen molar-refractivity contribution in [2.45, 2.75) is 26.3 Å². The number of amides is 1. The fourth-order valence-electron chi connectivity index (χ4n) is 3.83. The first kappa shape index (κ1) is 19.6. The highest BCUT2D eigenvalue weighted by Crippen LogP contribution is 2.38. The maximum absolute atomic E-state index is 12.4. The van der Waals surface area contributed by atoms with Crippen LogP contribution in [0.15, 0.2) is 65.8 Å². The van der Waals surface area contributed by atoms with Gasteiger partial charge < -0.3 is 9.47 Å². The normalized spacial score (nSPS) is 15.8. The van der Waals surface area contributed by atoms with Gasteiger partial charge in [-0.25, -0.2) is 5.01 Å². The van der Waals surface area contributed by atoms with Crippen LogP contribution in [0.25, 0.3) is 10.8 Å². The number of methoxy groups -OCH3 is 1. The summed E-state index contributed by atoms with van der Waals surface area (Å²) in [7, 11) is 1.62. The Kier molecular flexibility index (Phi) is 5.23. The lowest BCUT2D eigenvalue weighted by Gasteiger charge is -2.20. The molecule has 0 spiro atoms. The molecule has 1 heterocycles. The Labute approximate surface area is 174 Å². The molecule has 0 saturated carbocycles. The molecule has 4 rings (SSSR count). The molecule has 1 amide bonds. The summed E-state index contributed by atoms with van der Waals surface area (Å²) in [4.78, 5) is 24.1. The van der Waals surface area contributed by atoms with Crippen molar-refractivity contribution in [3.8, 4) is 11.5 Å². The quantitative estimate of drug-likeness (QED) is 0.477. The van der Waals surface area contributed by atoms with Gasteiger partial charge >= 0.3 is 5.97 Å². The van der Waals surface area contributed by atoms with E-state index in [2.05, 4.69) is 5.10 Å². The number of hydrogen-bond donors (Lipinski definition) is 0. The third-order valence-corrected chi connectivity index (χ3v) is 5.17. The summed E-state index contributed by atoms with van der Waals surface area (Å²) in [5, 5.41) is 8.08. The Balaban J connectivity index is 1.81. The second-order valence-electron chi connectivity index (χ2n) is 7.16. The molecule has 6 heteroatoms. The maximum Gasteiger partial charge on any atom is 0.308 e. The minimum Gasteiger partial charge on any atom is -0.497 e. The van der Waals surface area contributed by atoms with E-state index in [-0.39, 0.29) is 11.9 Å². The van der Waals surface area contributed by atoms with Crippen LogP contribution >= 0.6 is 0 Å². The molecule has 0 aromatic heterocycles. The van der Waals surface area contributed by atoms with Crippen LogP contribution in [-0.2, 0) is 9.59 Å². The molecule has 6 nitrogen and oxygen atoms in total. The summed E-state index contributed by atoms with van der Waals surface area (Å²) in [6, 6.07) is 18.9. The van der Waals surface area contributed by atoms with Gasteiger partial charge in [-0.2, -0.15) is 5.10 Å². The lowest BCUT2D eigenvalue weighted by molar-refractivity contribution is -0.132. The number of ether oxygens (including phenoxy) is 2. The van der Waals surface area contributed by atoms with Crippen LogP contribution in [0.1, 0.15) is 37.4 Å². The fraction of sp³-hybridized carbons (Fsp3) is 0.208. The smallest absolute Gasteiger partial charge is 0.308 e. The third-order valence-electron chi connectivity index (χ3n) is 5.17. The van der Waals surface area contributed by atoms with Crippen LogP contribution in [-0.4, -0.2) is 29.7 Å². The number of hydrogen-bond acceptors (Lipinski definition) is 5. The first-order valence-corrected chi connectivity index (χ1v) is 9.69. The van der Waals surface area contributed by atoms with Crippen LogP contribution in [0.3, 0.4) is 0 Å². The molecule has 30 heavy (non-hydrogen) atoms. The largest absolute Gasteiger partial charge is 0.497 e. The number of carbonyl (C=O) groups excluding carboxylic acids is 2. The number of nitrogens with zero attached hydrogens (tertiary/aromatic N) is 2. The summed E-state index contributed by atoms with van der Waals surface area (Å²) in [6.07, 6.45) is 0.508. The van der Waals surface area contributed by atoms with Crippen molar-refractivity contribution in [1.82, 2.24) is 5.01 Å². The topological polar surface area (TPSA) is 68.2 Å². The minimum absolute atomic E-state index is 0.153. The second-order valence-corrected chi connectivity index (χ2v) is 7.16. The molecule has 0 radical (unpaired) electrons. The number of benzene rings is 3. The molecule has 0 aliphatic carbocycles. The SMILES string of the molecule is COc1ccc([C@@H]2CC(c3c(OC(C)=O)ccc4ccccc34)=NN2C(C)=O)cc1. The number of fused-ring (bicyclic) bond motifs is 1. The van der Waals surface area contributed by atoms with Crippen molar-refractivity contribution < 1.29 is 19.1 Å². The second kappa shape index (κ2) is 7.99. The highest BCUT2D eigenvalue weighted by Gasteiger charge is 2.33. The predicted molar refractivity (Wildman–Crippen MR) is 115 cm³/mol. The molecule has 0 N–H and O–H groups in total. The van der Waals surface area contributed by atoms with Gasteiger partial charge in [0.1, 0.15) is 11.5 Å². The van der Waals surface area contributed by atoms with Crippen LogP contribution in [0.4, 0.5) is 0 Å².